The molecule has 1 aromatic carbocycles. The fourth-order valence-electron chi connectivity index (χ4n) is 2.20. The maximum absolute atomic E-state index is 12.2. The highest BCUT2D eigenvalue weighted by Crippen LogP contribution is 2.26. The van der Waals surface area contributed by atoms with Gasteiger partial charge in [-0.2, -0.15) is 11.3 Å². The Labute approximate surface area is 148 Å². The first-order valence-electron chi connectivity index (χ1n) is 7.13. The molecule has 1 atom stereocenters. The van der Waals surface area contributed by atoms with Crippen LogP contribution >= 0.6 is 34.3 Å². The van der Waals surface area contributed by atoms with E-state index in [0.717, 1.165) is 21.8 Å². The SMILES string of the molecule is C[C@H](NC(=O)Cc1csc(-c2ccsc2)n1)c1ccc(Cl)cc1. The van der Waals surface area contributed by atoms with Gasteiger partial charge in [-0.1, -0.05) is 23.7 Å². The molecule has 0 aliphatic rings. The first-order valence-corrected chi connectivity index (χ1v) is 9.33. The van der Waals surface area contributed by atoms with Crippen LogP contribution in [0.4, 0.5) is 0 Å². The number of thiazole rings is 1. The Hall–Kier alpha value is -1.69. The van der Waals surface area contributed by atoms with Gasteiger partial charge in [0, 0.05) is 21.3 Å². The number of hydrogen-bond acceptors (Lipinski definition) is 4. The summed E-state index contributed by atoms with van der Waals surface area (Å²) in [6.07, 6.45) is 0.290. The van der Waals surface area contributed by atoms with E-state index < -0.39 is 0 Å². The quantitative estimate of drug-likeness (QED) is 0.698. The average Bonchev–Trinajstić information content (AvgIpc) is 3.18. The van der Waals surface area contributed by atoms with Crippen molar-refractivity contribution in [1.82, 2.24) is 10.3 Å². The molecule has 0 spiro atoms. The predicted octanol–water partition coefficient (Wildman–Crippen LogP) is 4.94. The van der Waals surface area contributed by atoms with Gasteiger partial charge in [-0.3, -0.25) is 4.79 Å². The zero-order valence-electron chi connectivity index (χ0n) is 12.5. The summed E-state index contributed by atoms with van der Waals surface area (Å²) in [5.74, 6) is -0.0328. The van der Waals surface area contributed by atoms with Crippen LogP contribution in [0.1, 0.15) is 24.2 Å². The van der Waals surface area contributed by atoms with E-state index in [1.165, 1.54) is 0 Å². The second-order valence-corrected chi connectivity index (χ2v) is 7.25. The number of carbonyl (C=O) groups excluding carboxylic acids is 1. The van der Waals surface area contributed by atoms with E-state index in [-0.39, 0.29) is 11.9 Å². The molecule has 3 aromatic rings. The lowest BCUT2D eigenvalue weighted by Gasteiger charge is -2.14. The predicted molar refractivity (Wildman–Crippen MR) is 97.1 cm³/mol. The van der Waals surface area contributed by atoms with Gasteiger partial charge in [0.15, 0.2) is 0 Å². The van der Waals surface area contributed by atoms with E-state index >= 15 is 0 Å². The third kappa shape index (κ3) is 4.19. The van der Waals surface area contributed by atoms with E-state index in [1.54, 1.807) is 22.7 Å². The molecule has 1 amide bonds. The zero-order chi connectivity index (χ0) is 16.2. The van der Waals surface area contributed by atoms with Gasteiger partial charge < -0.3 is 5.32 Å². The Morgan fingerprint density at radius 2 is 2.04 bits per heavy atom. The van der Waals surface area contributed by atoms with Crippen LogP contribution in [0.15, 0.2) is 46.5 Å². The fourth-order valence-corrected chi connectivity index (χ4v) is 3.86. The topological polar surface area (TPSA) is 42.0 Å². The van der Waals surface area contributed by atoms with Crippen molar-refractivity contribution in [2.24, 2.45) is 0 Å². The highest BCUT2D eigenvalue weighted by Gasteiger charge is 2.12. The van der Waals surface area contributed by atoms with Gasteiger partial charge in [0.1, 0.15) is 5.01 Å². The van der Waals surface area contributed by atoms with Crippen molar-refractivity contribution in [2.75, 3.05) is 0 Å². The molecule has 3 rings (SSSR count). The second-order valence-electron chi connectivity index (χ2n) is 5.17. The third-order valence-electron chi connectivity index (χ3n) is 3.41. The Balaban J connectivity index is 1.60. The Kier molecular flexibility index (Phi) is 5.10. The number of rotatable bonds is 5. The minimum absolute atomic E-state index is 0.0328. The normalized spacial score (nSPS) is 12.1. The largest absolute Gasteiger partial charge is 0.349 e. The fraction of sp³-hybridized carbons (Fsp3) is 0.176. The summed E-state index contributed by atoms with van der Waals surface area (Å²) in [4.78, 5) is 16.7. The van der Waals surface area contributed by atoms with E-state index in [0.29, 0.717) is 11.4 Å². The Morgan fingerprint density at radius 1 is 1.26 bits per heavy atom. The van der Waals surface area contributed by atoms with Gasteiger partial charge in [-0.25, -0.2) is 4.98 Å². The van der Waals surface area contributed by atoms with Gasteiger partial charge in [0.2, 0.25) is 5.91 Å². The van der Waals surface area contributed by atoms with Gasteiger partial charge in [-0.15, -0.1) is 11.3 Å². The van der Waals surface area contributed by atoms with Crippen LogP contribution in [0.5, 0.6) is 0 Å². The summed E-state index contributed by atoms with van der Waals surface area (Å²) in [7, 11) is 0. The molecule has 2 heterocycles. The van der Waals surface area contributed by atoms with Crippen molar-refractivity contribution >= 4 is 40.2 Å². The number of nitrogens with one attached hydrogen (secondary N) is 1. The summed E-state index contributed by atoms with van der Waals surface area (Å²) in [6, 6.07) is 9.47. The summed E-state index contributed by atoms with van der Waals surface area (Å²) < 4.78 is 0. The van der Waals surface area contributed by atoms with Gasteiger partial charge >= 0.3 is 0 Å². The van der Waals surface area contributed by atoms with Crippen molar-refractivity contribution in [3.8, 4) is 10.6 Å². The molecule has 0 aliphatic heterocycles. The van der Waals surface area contributed by atoms with Crippen LogP contribution in [0, 0.1) is 0 Å². The smallest absolute Gasteiger partial charge is 0.226 e. The lowest BCUT2D eigenvalue weighted by molar-refractivity contribution is -0.121. The molecule has 0 fully saturated rings. The number of benzene rings is 1. The number of carbonyl (C=O) groups is 1. The number of hydrogen-bond donors (Lipinski definition) is 1. The number of aromatic nitrogens is 1. The zero-order valence-corrected chi connectivity index (χ0v) is 14.8. The van der Waals surface area contributed by atoms with Crippen LogP contribution in [0.2, 0.25) is 5.02 Å². The average molecular weight is 363 g/mol. The van der Waals surface area contributed by atoms with Gasteiger partial charge in [0.05, 0.1) is 18.2 Å². The molecule has 0 bridgehead atoms. The molecule has 118 valence electrons. The Morgan fingerprint density at radius 3 is 2.74 bits per heavy atom. The second kappa shape index (κ2) is 7.25. The maximum atomic E-state index is 12.2. The van der Waals surface area contributed by atoms with Crippen LogP contribution in [0.3, 0.4) is 0 Å². The molecule has 6 heteroatoms. The molecule has 0 saturated heterocycles. The monoisotopic (exact) mass is 362 g/mol. The molecular formula is C17H15ClN2OS2. The van der Waals surface area contributed by atoms with Crippen molar-refractivity contribution < 1.29 is 4.79 Å². The number of nitrogens with zero attached hydrogens (tertiary/aromatic N) is 1. The molecule has 0 aliphatic carbocycles. The van der Waals surface area contributed by atoms with Gasteiger partial charge in [-0.05, 0) is 36.1 Å². The molecule has 2 aromatic heterocycles. The first-order chi connectivity index (χ1) is 11.1. The van der Waals surface area contributed by atoms with Gasteiger partial charge in [0.25, 0.3) is 0 Å². The Bertz CT molecular complexity index is 781. The summed E-state index contributed by atoms with van der Waals surface area (Å²) in [5, 5.41) is 10.7. The maximum Gasteiger partial charge on any atom is 0.226 e. The minimum Gasteiger partial charge on any atom is -0.349 e. The number of thiophene rings is 1. The third-order valence-corrected chi connectivity index (χ3v) is 5.28. The van der Waals surface area contributed by atoms with E-state index in [9.17, 15) is 4.79 Å². The lowest BCUT2D eigenvalue weighted by Crippen LogP contribution is -2.28. The first kappa shape index (κ1) is 16.2. The number of halogens is 1. The van der Waals surface area contributed by atoms with E-state index in [4.69, 9.17) is 11.6 Å². The van der Waals surface area contributed by atoms with Crippen molar-refractivity contribution in [1.29, 1.82) is 0 Å². The van der Waals surface area contributed by atoms with E-state index in [2.05, 4.69) is 15.7 Å². The van der Waals surface area contributed by atoms with Crippen LogP contribution in [0.25, 0.3) is 10.6 Å². The van der Waals surface area contributed by atoms with Crippen LogP contribution < -0.4 is 5.32 Å². The molecule has 0 saturated carbocycles. The number of amides is 1. The van der Waals surface area contributed by atoms with Crippen molar-refractivity contribution in [2.45, 2.75) is 19.4 Å². The highest BCUT2D eigenvalue weighted by molar-refractivity contribution is 7.14. The van der Waals surface area contributed by atoms with Crippen LogP contribution in [-0.2, 0) is 11.2 Å². The minimum atomic E-state index is -0.0604. The molecule has 0 unspecified atom stereocenters. The molecule has 0 radical (unpaired) electrons. The highest BCUT2D eigenvalue weighted by atomic mass is 35.5. The summed E-state index contributed by atoms with van der Waals surface area (Å²) in [5.41, 5.74) is 2.94. The van der Waals surface area contributed by atoms with Crippen molar-refractivity contribution in [3.63, 3.8) is 0 Å². The molecule has 1 N–H and O–H groups in total. The molecule has 23 heavy (non-hydrogen) atoms. The van der Waals surface area contributed by atoms with E-state index in [1.807, 2.05) is 48.0 Å². The standard InChI is InChI=1S/C17H15ClN2OS2/c1-11(12-2-4-14(18)5-3-12)19-16(21)8-15-10-23-17(20-15)13-6-7-22-9-13/h2-7,9-11H,8H2,1H3,(H,19,21)/t11-/m0/s1. The molecule has 3 nitrogen and oxygen atoms in total. The van der Waals surface area contributed by atoms with Crippen molar-refractivity contribution in [3.05, 3.63) is 62.8 Å². The molecular weight excluding hydrogens is 348 g/mol. The summed E-state index contributed by atoms with van der Waals surface area (Å²) in [6.45, 7) is 1.96. The lowest BCUT2D eigenvalue weighted by atomic mass is 10.1. The van der Waals surface area contributed by atoms with Crippen LogP contribution in [-0.4, -0.2) is 10.9 Å². The summed E-state index contributed by atoms with van der Waals surface area (Å²) >= 11 is 9.09.